The lowest BCUT2D eigenvalue weighted by molar-refractivity contribution is -0.317. The number of carbonyl (C=O) groups is 2. The first-order chi connectivity index (χ1) is 31.9. The van der Waals surface area contributed by atoms with Crippen molar-refractivity contribution in [3.05, 3.63) is 0 Å². The lowest BCUT2D eigenvalue weighted by Crippen LogP contribution is -2.62. The van der Waals surface area contributed by atoms with Crippen molar-refractivity contribution in [1.29, 1.82) is 0 Å². The Kier molecular flexibility index (Phi) is 22.4. The number of hydrogen-bond donors (Lipinski definition) is 6. The second-order valence-corrected chi connectivity index (χ2v) is 21.3. The summed E-state index contributed by atoms with van der Waals surface area (Å²) in [6.45, 7) is 22.8. The summed E-state index contributed by atoms with van der Waals surface area (Å²) in [5.41, 5.74) is -4.47. The van der Waals surface area contributed by atoms with E-state index in [4.69, 9.17) is 33.3 Å². The fourth-order valence-corrected chi connectivity index (χ4v) is 10.9. The molecule has 4 heterocycles. The van der Waals surface area contributed by atoms with Gasteiger partial charge in [0.15, 0.2) is 12.6 Å². The molecule has 0 spiro atoms. The van der Waals surface area contributed by atoms with Crippen molar-refractivity contribution in [3.8, 4) is 0 Å². The van der Waals surface area contributed by atoms with E-state index in [0.717, 1.165) is 58.3 Å². The third-order valence-electron chi connectivity index (χ3n) is 15.4. The van der Waals surface area contributed by atoms with E-state index in [1.165, 1.54) is 20.5 Å². The summed E-state index contributed by atoms with van der Waals surface area (Å²) in [4.78, 5) is 37.9. The van der Waals surface area contributed by atoms with Gasteiger partial charge in [0, 0.05) is 64.5 Å². The van der Waals surface area contributed by atoms with E-state index in [1.807, 2.05) is 13.8 Å². The van der Waals surface area contributed by atoms with Crippen molar-refractivity contribution in [3.63, 3.8) is 0 Å². The number of cyclic esters (lactones) is 1. The normalized spacial score (nSPS) is 42.3. The van der Waals surface area contributed by atoms with E-state index in [2.05, 4.69) is 22.3 Å². The molecule has 4 fully saturated rings. The Morgan fingerprint density at radius 2 is 1.54 bits per heavy atom. The Labute approximate surface area is 407 Å². The number of aliphatic hydroxyl groups is 5. The molecule has 0 aromatic carbocycles. The number of esters is 1. The van der Waals surface area contributed by atoms with Crippen LogP contribution in [0.4, 0.5) is 0 Å². The number of nitrogens with one attached hydrogen (secondary N) is 1. The van der Waals surface area contributed by atoms with Gasteiger partial charge in [0.2, 0.25) is 5.91 Å². The average Bonchev–Trinajstić information content (AvgIpc) is 3.29. The number of likely N-dealkylation sites (N-methyl/N-ethyl adjacent to an activating group) is 1. The molecule has 0 bridgehead atoms. The molecule has 4 aliphatic rings. The molecule has 0 aromatic heterocycles. The first kappa shape index (κ1) is 58.5. The predicted molar refractivity (Wildman–Crippen MR) is 256 cm³/mol. The van der Waals surface area contributed by atoms with Gasteiger partial charge in [-0.15, -0.1) is 0 Å². The number of rotatable bonds is 17. The van der Waals surface area contributed by atoms with E-state index < -0.39 is 114 Å². The smallest absolute Gasteiger partial charge is 0.311 e. The Morgan fingerprint density at radius 1 is 0.897 bits per heavy atom. The molecule has 4 rings (SSSR count). The second-order valence-electron chi connectivity index (χ2n) is 21.3. The maximum absolute atomic E-state index is 14.6. The van der Waals surface area contributed by atoms with E-state index in [-0.39, 0.29) is 31.7 Å². The Balaban J connectivity index is 1.80. The summed E-state index contributed by atoms with van der Waals surface area (Å²) in [7, 11) is 3.17. The third-order valence-corrected chi connectivity index (χ3v) is 15.4. The molecule has 0 aliphatic carbocycles. The lowest BCUT2D eigenvalue weighted by Gasteiger charge is -2.49. The fourth-order valence-electron chi connectivity index (χ4n) is 10.9. The molecule has 4 aliphatic heterocycles. The number of amides is 1. The number of unbranched alkanes of at least 4 members (excludes halogenated alkanes) is 5. The summed E-state index contributed by atoms with van der Waals surface area (Å²) >= 11 is 0. The number of aliphatic hydroxyl groups excluding tert-OH is 3. The topological polar surface area (TPSA) is 231 Å². The van der Waals surface area contributed by atoms with Crippen LogP contribution in [0.3, 0.4) is 0 Å². The first-order valence-electron chi connectivity index (χ1n) is 25.7. The van der Waals surface area contributed by atoms with Crippen LogP contribution < -0.4 is 5.32 Å². The molecular weight excluding hydrogens is 881 g/mol. The van der Waals surface area contributed by atoms with Crippen molar-refractivity contribution in [2.75, 3.05) is 53.5 Å². The zero-order chi connectivity index (χ0) is 50.7. The van der Waals surface area contributed by atoms with E-state index in [1.54, 1.807) is 60.4 Å². The highest BCUT2D eigenvalue weighted by Gasteiger charge is 2.53. The fraction of sp³-hybridized carbons (Fsp3) is 0.940. The molecule has 0 unspecified atom stereocenters. The lowest BCUT2D eigenvalue weighted by atomic mass is 9.73. The molecule has 0 saturated carbocycles. The highest BCUT2D eigenvalue weighted by Crippen LogP contribution is 2.41. The van der Waals surface area contributed by atoms with Crippen LogP contribution in [0.25, 0.3) is 0 Å². The standard InChI is InChI=1S/C50H92N4O14/c1-14-16-17-18-19-20-25-63-52-40-30(3)27-48(9,60)45(68-47-41(56)36(26-31(4)64-47)53(12)38(55)29-54-23-21-51-22-24-54)33(6)42(67-39-28-49(10,62-13)44(58)35(8)65-39)34(7)46(59)66-37(15-2)50(11,61)43(57)32(40)5/h30-37,39,41-45,47,51,56-58,60-61H,14-29H2,1-13H3/b52-40+/t30-,31-,32+,33+,34-,35+,36+,37-,39+,41-,42+,43-,44+,45-,47+,48+,49-,50-/m1/s1. The van der Waals surface area contributed by atoms with Gasteiger partial charge in [-0.3, -0.25) is 14.5 Å². The predicted octanol–water partition coefficient (Wildman–Crippen LogP) is 3.75. The molecule has 396 valence electrons. The first-order valence-corrected chi connectivity index (χ1v) is 25.7. The van der Waals surface area contributed by atoms with Gasteiger partial charge in [0.05, 0.1) is 65.9 Å². The Morgan fingerprint density at radius 3 is 2.18 bits per heavy atom. The molecule has 6 N–H and O–H groups in total. The molecule has 1 amide bonds. The van der Waals surface area contributed by atoms with E-state index in [0.29, 0.717) is 18.7 Å². The van der Waals surface area contributed by atoms with Crippen LogP contribution in [-0.2, 0) is 42.8 Å². The monoisotopic (exact) mass is 973 g/mol. The van der Waals surface area contributed by atoms with Gasteiger partial charge in [-0.1, -0.05) is 65.5 Å². The summed E-state index contributed by atoms with van der Waals surface area (Å²) in [5, 5.41) is 68.4. The molecule has 18 atom stereocenters. The van der Waals surface area contributed by atoms with Crippen LogP contribution in [0.1, 0.15) is 140 Å². The van der Waals surface area contributed by atoms with Crippen LogP contribution in [0.5, 0.6) is 0 Å². The molecule has 18 heteroatoms. The van der Waals surface area contributed by atoms with Gasteiger partial charge in [-0.2, -0.15) is 0 Å². The number of nitrogens with zero attached hydrogens (tertiary/aromatic N) is 3. The number of ether oxygens (including phenoxy) is 6. The van der Waals surface area contributed by atoms with E-state index >= 15 is 0 Å². The largest absolute Gasteiger partial charge is 0.459 e. The zero-order valence-corrected chi connectivity index (χ0v) is 43.7. The zero-order valence-electron chi connectivity index (χ0n) is 43.7. The summed E-state index contributed by atoms with van der Waals surface area (Å²) < 4.78 is 38.2. The van der Waals surface area contributed by atoms with Crippen LogP contribution in [-0.4, -0.2) is 191 Å². The minimum atomic E-state index is -1.96. The third kappa shape index (κ3) is 14.8. The highest BCUT2D eigenvalue weighted by molar-refractivity contribution is 5.88. The summed E-state index contributed by atoms with van der Waals surface area (Å²) in [6, 6.07) is -0.697. The van der Waals surface area contributed by atoms with Crippen LogP contribution in [0, 0.1) is 23.7 Å². The van der Waals surface area contributed by atoms with Gasteiger partial charge < -0.3 is 69.0 Å². The molecule has 18 nitrogen and oxygen atoms in total. The SMILES string of the molecule is CCCCCCCCO/N=C1\[C@H](C)C[C@](C)(O)[C@H](O[C@@H]2O[C@H](C)C[C@H](N(C)C(=O)CN3CCNCC3)[C@H]2O)[C@@H](C)[C@H](O[C@H]2C[C@@](C)(OC)[C@@H](O)[C@H](C)O2)[C@@H](C)C(=O)O[C@H](CC)[C@@](C)(O)[C@H](O)[C@H]1C. The average molecular weight is 973 g/mol. The van der Waals surface area contributed by atoms with Crippen molar-refractivity contribution < 1.29 is 68.4 Å². The number of methoxy groups -OCH3 is 1. The molecule has 68 heavy (non-hydrogen) atoms. The van der Waals surface area contributed by atoms with Crippen molar-refractivity contribution in [1.82, 2.24) is 15.1 Å². The summed E-state index contributed by atoms with van der Waals surface area (Å²) in [5.74, 6) is -4.33. The maximum atomic E-state index is 14.6. The molecule has 4 saturated heterocycles. The highest BCUT2D eigenvalue weighted by atomic mass is 16.7. The van der Waals surface area contributed by atoms with Crippen molar-refractivity contribution >= 4 is 17.6 Å². The van der Waals surface area contributed by atoms with Gasteiger partial charge in [-0.25, -0.2) is 0 Å². The molecular formula is C50H92N4O14. The number of carbonyl (C=O) groups excluding carboxylic acids is 2. The minimum Gasteiger partial charge on any atom is -0.459 e. The van der Waals surface area contributed by atoms with Gasteiger partial charge >= 0.3 is 5.97 Å². The van der Waals surface area contributed by atoms with Crippen LogP contribution in [0.15, 0.2) is 5.16 Å². The Bertz CT molecular complexity index is 1580. The Hall–Kier alpha value is -2.07. The van der Waals surface area contributed by atoms with Crippen LogP contribution in [0.2, 0.25) is 0 Å². The van der Waals surface area contributed by atoms with Gasteiger partial charge in [-0.05, 0) is 73.6 Å². The number of hydrogen-bond acceptors (Lipinski definition) is 17. The molecule has 0 aromatic rings. The second kappa shape index (κ2) is 26.1. The van der Waals surface area contributed by atoms with E-state index in [9.17, 15) is 35.1 Å². The van der Waals surface area contributed by atoms with Crippen LogP contribution >= 0.6 is 0 Å². The van der Waals surface area contributed by atoms with Crippen molar-refractivity contribution in [2.24, 2.45) is 28.8 Å². The number of oxime groups is 1. The quantitative estimate of drug-likeness (QED) is 0.0693. The summed E-state index contributed by atoms with van der Waals surface area (Å²) in [6.07, 6.45) is -4.17. The maximum Gasteiger partial charge on any atom is 0.311 e. The minimum absolute atomic E-state index is 0.0288. The molecule has 0 radical (unpaired) electrons. The van der Waals surface area contributed by atoms with Gasteiger partial charge in [0.1, 0.15) is 30.5 Å². The number of piperazine rings is 1. The van der Waals surface area contributed by atoms with Gasteiger partial charge in [0.25, 0.3) is 0 Å². The van der Waals surface area contributed by atoms with Crippen molar-refractivity contribution in [2.45, 2.75) is 225 Å².